The van der Waals surface area contributed by atoms with E-state index in [4.69, 9.17) is 9.47 Å². The molecule has 118 valence electrons. The second-order valence-corrected chi connectivity index (χ2v) is 5.95. The van der Waals surface area contributed by atoms with Crippen molar-refractivity contribution in [3.05, 3.63) is 29.8 Å². The molecule has 0 heterocycles. The third kappa shape index (κ3) is 5.33. The normalized spacial score (nSPS) is 17.6. The van der Waals surface area contributed by atoms with Gasteiger partial charge in [-0.1, -0.05) is 38.3 Å². The number of nitrogens with one attached hydrogen (secondary N) is 1. The van der Waals surface area contributed by atoms with Crippen molar-refractivity contribution in [1.82, 2.24) is 5.32 Å². The molecule has 0 amide bonds. The Hall–Kier alpha value is -1.06. The summed E-state index contributed by atoms with van der Waals surface area (Å²) in [6.45, 7) is 4.58. The number of likely N-dealkylation sites (N-methyl/N-ethyl adjacent to an activating group) is 1. The second kappa shape index (κ2) is 9.06. The summed E-state index contributed by atoms with van der Waals surface area (Å²) in [6, 6.07) is 8.68. The Morgan fingerprint density at radius 2 is 2.05 bits per heavy atom. The topological polar surface area (TPSA) is 30.5 Å². The van der Waals surface area contributed by atoms with Gasteiger partial charge in [0.1, 0.15) is 12.4 Å². The number of ether oxygens (including phenoxy) is 2. The number of methoxy groups -OCH3 is 1. The molecule has 1 aromatic carbocycles. The molecule has 3 heteroatoms. The number of benzene rings is 1. The highest BCUT2D eigenvalue weighted by Crippen LogP contribution is 2.27. The predicted molar refractivity (Wildman–Crippen MR) is 86.7 cm³/mol. The first kappa shape index (κ1) is 16.3. The van der Waals surface area contributed by atoms with Crippen molar-refractivity contribution in [3.8, 4) is 5.75 Å². The van der Waals surface area contributed by atoms with Crippen molar-refractivity contribution in [2.45, 2.75) is 51.7 Å². The molecule has 1 atom stereocenters. The molecule has 2 rings (SSSR count). The van der Waals surface area contributed by atoms with E-state index in [0.717, 1.165) is 30.4 Å². The zero-order chi connectivity index (χ0) is 14.9. The first-order chi connectivity index (χ1) is 10.3. The molecule has 0 spiro atoms. The van der Waals surface area contributed by atoms with Crippen LogP contribution in [0.2, 0.25) is 0 Å². The monoisotopic (exact) mass is 291 g/mol. The van der Waals surface area contributed by atoms with E-state index in [1.807, 2.05) is 12.1 Å². The molecule has 0 bridgehead atoms. The Kier molecular flexibility index (Phi) is 7.04. The first-order valence-corrected chi connectivity index (χ1v) is 8.27. The lowest BCUT2D eigenvalue weighted by molar-refractivity contribution is 0.180. The Morgan fingerprint density at radius 3 is 2.76 bits per heavy atom. The van der Waals surface area contributed by atoms with Crippen LogP contribution in [-0.2, 0) is 11.3 Å². The van der Waals surface area contributed by atoms with Crippen molar-refractivity contribution < 1.29 is 9.47 Å². The fourth-order valence-electron chi connectivity index (χ4n) is 3.24. The van der Waals surface area contributed by atoms with Gasteiger partial charge in [-0.25, -0.2) is 0 Å². The predicted octanol–water partition coefficient (Wildman–Crippen LogP) is 3.77. The third-order valence-corrected chi connectivity index (χ3v) is 4.32. The maximum absolute atomic E-state index is 6.04. The first-order valence-electron chi connectivity index (χ1n) is 8.27. The van der Waals surface area contributed by atoms with Crippen LogP contribution in [0.15, 0.2) is 24.3 Å². The molecule has 1 unspecified atom stereocenters. The minimum atomic E-state index is 0.474. The Morgan fingerprint density at radius 1 is 1.24 bits per heavy atom. The van der Waals surface area contributed by atoms with Crippen molar-refractivity contribution in [3.63, 3.8) is 0 Å². The summed E-state index contributed by atoms with van der Waals surface area (Å²) in [7, 11) is 1.72. The molecule has 1 saturated carbocycles. The van der Waals surface area contributed by atoms with Crippen LogP contribution in [0.4, 0.5) is 0 Å². The molecule has 0 aliphatic heterocycles. The highest BCUT2D eigenvalue weighted by Gasteiger charge is 2.23. The molecule has 1 aliphatic carbocycles. The molecule has 1 aliphatic rings. The van der Waals surface area contributed by atoms with Gasteiger partial charge in [0.25, 0.3) is 0 Å². The number of rotatable bonds is 8. The van der Waals surface area contributed by atoms with Crippen molar-refractivity contribution in [2.75, 3.05) is 20.3 Å². The Bertz CT molecular complexity index is 402. The van der Waals surface area contributed by atoms with Gasteiger partial charge in [-0.05, 0) is 43.0 Å². The standard InChI is InChI=1S/C18H29NO2/c1-3-19-18(16-9-5-4-6-10-16)14-21-17-11-7-8-15(12-17)13-20-2/h7-8,11-12,16,18-19H,3-6,9-10,13-14H2,1-2H3. The smallest absolute Gasteiger partial charge is 0.119 e. The Labute approximate surface area is 129 Å². The zero-order valence-electron chi connectivity index (χ0n) is 13.4. The maximum atomic E-state index is 6.04. The van der Waals surface area contributed by atoms with E-state index in [1.165, 1.54) is 32.1 Å². The van der Waals surface area contributed by atoms with Crippen LogP contribution in [0, 0.1) is 5.92 Å². The van der Waals surface area contributed by atoms with E-state index >= 15 is 0 Å². The lowest BCUT2D eigenvalue weighted by atomic mass is 9.84. The number of hydrogen-bond acceptors (Lipinski definition) is 3. The van der Waals surface area contributed by atoms with Crippen molar-refractivity contribution in [2.24, 2.45) is 5.92 Å². The lowest BCUT2D eigenvalue weighted by Gasteiger charge is -2.30. The molecule has 1 fully saturated rings. The Balaban J connectivity index is 1.89. The fraction of sp³-hybridized carbons (Fsp3) is 0.667. The van der Waals surface area contributed by atoms with Crippen LogP contribution in [0.1, 0.15) is 44.6 Å². The van der Waals surface area contributed by atoms with Crippen LogP contribution in [0.25, 0.3) is 0 Å². The summed E-state index contributed by atoms with van der Waals surface area (Å²) in [5.41, 5.74) is 1.16. The quantitative estimate of drug-likeness (QED) is 0.791. The zero-order valence-corrected chi connectivity index (χ0v) is 13.4. The van der Waals surface area contributed by atoms with Gasteiger partial charge in [-0.2, -0.15) is 0 Å². The van der Waals surface area contributed by atoms with E-state index < -0.39 is 0 Å². The van der Waals surface area contributed by atoms with Crippen LogP contribution < -0.4 is 10.1 Å². The van der Waals surface area contributed by atoms with Gasteiger partial charge in [0.05, 0.1) is 6.61 Å². The second-order valence-electron chi connectivity index (χ2n) is 5.95. The van der Waals surface area contributed by atoms with Crippen molar-refractivity contribution >= 4 is 0 Å². The molecular weight excluding hydrogens is 262 g/mol. The highest BCUT2D eigenvalue weighted by molar-refractivity contribution is 5.28. The molecule has 1 N–H and O–H groups in total. The van der Waals surface area contributed by atoms with Gasteiger partial charge in [0.2, 0.25) is 0 Å². The van der Waals surface area contributed by atoms with E-state index in [1.54, 1.807) is 7.11 Å². The summed E-state index contributed by atoms with van der Waals surface area (Å²) >= 11 is 0. The summed E-state index contributed by atoms with van der Waals surface area (Å²) in [5, 5.41) is 3.61. The van der Waals surface area contributed by atoms with Crippen LogP contribution in [-0.4, -0.2) is 26.3 Å². The van der Waals surface area contributed by atoms with Gasteiger partial charge in [0.15, 0.2) is 0 Å². The number of hydrogen-bond donors (Lipinski definition) is 1. The summed E-state index contributed by atoms with van der Waals surface area (Å²) in [4.78, 5) is 0. The maximum Gasteiger partial charge on any atom is 0.119 e. The van der Waals surface area contributed by atoms with Gasteiger partial charge in [-0.15, -0.1) is 0 Å². The van der Waals surface area contributed by atoms with Gasteiger partial charge >= 0.3 is 0 Å². The van der Waals surface area contributed by atoms with Gasteiger partial charge in [-0.3, -0.25) is 0 Å². The molecular formula is C18H29NO2. The minimum absolute atomic E-state index is 0.474. The van der Waals surface area contributed by atoms with Crippen LogP contribution in [0.5, 0.6) is 5.75 Å². The van der Waals surface area contributed by atoms with E-state index in [9.17, 15) is 0 Å². The lowest BCUT2D eigenvalue weighted by Crippen LogP contribution is -2.41. The fourth-order valence-corrected chi connectivity index (χ4v) is 3.24. The van der Waals surface area contributed by atoms with Crippen molar-refractivity contribution in [1.29, 1.82) is 0 Å². The van der Waals surface area contributed by atoms with Gasteiger partial charge < -0.3 is 14.8 Å². The SMILES string of the molecule is CCNC(COc1cccc(COC)c1)C1CCCCC1. The third-order valence-electron chi connectivity index (χ3n) is 4.32. The van der Waals surface area contributed by atoms with Crippen LogP contribution in [0.3, 0.4) is 0 Å². The highest BCUT2D eigenvalue weighted by atomic mass is 16.5. The average molecular weight is 291 g/mol. The summed E-state index contributed by atoms with van der Waals surface area (Å²) < 4.78 is 11.2. The molecule has 0 aromatic heterocycles. The summed E-state index contributed by atoms with van der Waals surface area (Å²) in [6.07, 6.45) is 6.82. The molecule has 3 nitrogen and oxygen atoms in total. The van der Waals surface area contributed by atoms with Crippen LogP contribution >= 0.6 is 0 Å². The van der Waals surface area contributed by atoms with E-state index in [0.29, 0.717) is 12.6 Å². The average Bonchev–Trinajstić information content (AvgIpc) is 2.53. The molecule has 0 radical (unpaired) electrons. The largest absolute Gasteiger partial charge is 0.492 e. The minimum Gasteiger partial charge on any atom is -0.492 e. The van der Waals surface area contributed by atoms with E-state index in [2.05, 4.69) is 24.4 Å². The molecule has 1 aromatic rings. The summed E-state index contributed by atoms with van der Waals surface area (Å²) in [5.74, 6) is 1.71. The molecule has 0 saturated heterocycles. The molecule has 21 heavy (non-hydrogen) atoms. The van der Waals surface area contributed by atoms with E-state index in [-0.39, 0.29) is 0 Å². The van der Waals surface area contributed by atoms with Gasteiger partial charge in [0, 0.05) is 13.2 Å².